The normalized spacial score (nSPS) is 10.4. The lowest BCUT2D eigenvalue weighted by Crippen LogP contribution is -2.14. The summed E-state index contributed by atoms with van der Waals surface area (Å²) >= 11 is 0. The molecule has 25 heavy (non-hydrogen) atoms. The first-order chi connectivity index (χ1) is 11.9. The van der Waals surface area contributed by atoms with Gasteiger partial charge in [0.25, 0.3) is 0 Å². The number of carbonyl (C=O) groups is 2. The van der Waals surface area contributed by atoms with Gasteiger partial charge < -0.3 is 10.1 Å². The van der Waals surface area contributed by atoms with Gasteiger partial charge in [0.1, 0.15) is 5.75 Å². The minimum absolute atomic E-state index is 0.00872. The fourth-order valence-electron chi connectivity index (χ4n) is 2.79. The molecule has 0 spiro atoms. The molecular weight excluding hydrogens is 314 g/mol. The Balaban J connectivity index is 1.78. The number of hydrogen-bond donors (Lipinski definition) is 1. The van der Waals surface area contributed by atoms with E-state index in [1.807, 2.05) is 20.8 Å². The number of amides is 1. The van der Waals surface area contributed by atoms with Crippen molar-refractivity contribution in [2.75, 3.05) is 11.9 Å². The van der Waals surface area contributed by atoms with Crippen LogP contribution < -0.4 is 10.1 Å². The summed E-state index contributed by atoms with van der Waals surface area (Å²) in [6.07, 6.45) is 1.03. The van der Waals surface area contributed by atoms with E-state index in [9.17, 15) is 9.59 Å². The van der Waals surface area contributed by atoms with Crippen molar-refractivity contribution in [3.8, 4) is 5.75 Å². The third-order valence-electron chi connectivity index (χ3n) is 4.02. The summed E-state index contributed by atoms with van der Waals surface area (Å²) in [7, 11) is 0. The van der Waals surface area contributed by atoms with Gasteiger partial charge in [-0.1, -0.05) is 17.7 Å². The Labute approximate surface area is 149 Å². The van der Waals surface area contributed by atoms with Crippen LogP contribution in [0.5, 0.6) is 5.75 Å². The zero-order valence-electron chi connectivity index (χ0n) is 15.3. The summed E-state index contributed by atoms with van der Waals surface area (Å²) in [5.74, 6) is 0.728. The standard InChI is InChI=1S/C21H25NO3/c1-14-12-15(2)21(16(3)13-14)22-20(24)6-5-11-25-19-9-7-18(8-10-19)17(4)23/h7-10,12-13H,5-6,11H2,1-4H3,(H,22,24). The summed E-state index contributed by atoms with van der Waals surface area (Å²) in [6.45, 7) is 8.05. The molecular formula is C21H25NO3. The first-order valence-corrected chi connectivity index (χ1v) is 8.48. The summed E-state index contributed by atoms with van der Waals surface area (Å²) in [6, 6.07) is 11.2. The smallest absolute Gasteiger partial charge is 0.224 e. The predicted octanol–water partition coefficient (Wildman–Crippen LogP) is 4.61. The molecule has 0 heterocycles. The van der Waals surface area contributed by atoms with Gasteiger partial charge in [-0.15, -0.1) is 0 Å². The van der Waals surface area contributed by atoms with Crippen LogP contribution >= 0.6 is 0 Å². The average Bonchev–Trinajstić information content (AvgIpc) is 2.55. The minimum Gasteiger partial charge on any atom is -0.494 e. The highest BCUT2D eigenvalue weighted by molar-refractivity contribution is 5.94. The summed E-state index contributed by atoms with van der Waals surface area (Å²) in [5, 5.41) is 2.99. The van der Waals surface area contributed by atoms with E-state index in [4.69, 9.17) is 4.74 Å². The van der Waals surface area contributed by atoms with Gasteiger partial charge in [-0.05, 0) is 69.5 Å². The van der Waals surface area contributed by atoms with Crippen molar-refractivity contribution < 1.29 is 14.3 Å². The molecule has 4 nitrogen and oxygen atoms in total. The number of aryl methyl sites for hydroxylation is 3. The molecule has 0 unspecified atom stereocenters. The molecule has 0 radical (unpaired) electrons. The number of benzene rings is 2. The lowest BCUT2D eigenvalue weighted by Gasteiger charge is -2.13. The maximum Gasteiger partial charge on any atom is 0.224 e. The van der Waals surface area contributed by atoms with E-state index in [1.165, 1.54) is 12.5 Å². The van der Waals surface area contributed by atoms with Crippen molar-refractivity contribution in [3.63, 3.8) is 0 Å². The molecule has 0 fully saturated rings. The van der Waals surface area contributed by atoms with Crippen molar-refractivity contribution >= 4 is 17.4 Å². The van der Waals surface area contributed by atoms with Crippen LogP contribution in [0.25, 0.3) is 0 Å². The second-order valence-corrected chi connectivity index (χ2v) is 6.35. The van der Waals surface area contributed by atoms with Gasteiger partial charge in [-0.25, -0.2) is 0 Å². The number of anilines is 1. The number of carbonyl (C=O) groups excluding carboxylic acids is 2. The molecule has 2 aromatic carbocycles. The van der Waals surface area contributed by atoms with Gasteiger partial charge in [0, 0.05) is 17.7 Å². The number of nitrogens with one attached hydrogen (secondary N) is 1. The third kappa shape index (κ3) is 5.45. The van der Waals surface area contributed by atoms with Crippen LogP contribution in [0, 0.1) is 20.8 Å². The van der Waals surface area contributed by atoms with Gasteiger partial charge in [-0.2, -0.15) is 0 Å². The second-order valence-electron chi connectivity index (χ2n) is 6.35. The Bertz CT molecular complexity index is 740. The first-order valence-electron chi connectivity index (χ1n) is 8.48. The van der Waals surface area contributed by atoms with Crippen LogP contribution in [-0.4, -0.2) is 18.3 Å². The van der Waals surface area contributed by atoms with Gasteiger partial charge >= 0.3 is 0 Å². The molecule has 1 N–H and O–H groups in total. The van der Waals surface area contributed by atoms with E-state index >= 15 is 0 Å². The molecule has 0 aliphatic rings. The number of hydrogen-bond acceptors (Lipinski definition) is 3. The topological polar surface area (TPSA) is 55.4 Å². The molecule has 2 rings (SSSR count). The van der Waals surface area contributed by atoms with Crippen LogP contribution in [0.3, 0.4) is 0 Å². The molecule has 0 aromatic heterocycles. The number of rotatable bonds is 7. The summed E-state index contributed by atoms with van der Waals surface area (Å²) < 4.78 is 5.61. The molecule has 2 aromatic rings. The Hall–Kier alpha value is -2.62. The van der Waals surface area contributed by atoms with Crippen LogP contribution in [0.2, 0.25) is 0 Å². The third-order valence-corrected chi connectivity index (χ3v) is 4.02. The van der Waals surface area contributed by atoms with Crippen molar-refractivity contribution in [1.29, 1.82) is 0 Å². The Morgan fingerprint density at radius 2 is 1.60 bits per heavy atom. The first kappa shape index (κ1) is 18.7. The van der Waals surface area contributed by atoms with Gasteiger partial charge in [0.15, 0.2) is 5.78 Å². The molecule has 0 aliphatic heterocycles. The SMILES string of the molecule is CC(=O)c1ccc(OCCCC(=O)Nc2c(C)cc(C)cc2C)cc1. The van der Waals surface area contributed by atoms with Crippen LogP contribution in [0.15, 0.2) is 36.4 Å². The molecule has 1 amide bonds. The number of Topliss-reactive ketones (excluding diaryl/α,β-unsaturated/α-hetero) is 1. The molecule has 0 aliphatic carbocycles. The zero-order chi connectivity index (χ0) is 18.4. The van der Waals surface area contributed by atoms with E-state index in [1.54, 1.807) is 24.3 Å². The van der Waals surface area contributed by atoms with Crippen LogP contribution in [-0.2, 0) is 4.79 Å². The van der Waals surface area contributed by atoms with Gasteiger partial charge in [0.2, 0.25) is 5.91 Å². The predicted molar refractivity (Wildman–Crippen MR) is 100 cm³/mol. The van der Waals surface area contributed by atoms with Crippen molar-refractivity contribution in [2.24, 2.45) is 0 Å². The fourth-order valence-corrected chi connectivity index (χ4v) is 2.79. The van der Waals surface area contributed by atoms with Gasteiger partial charge in [-0.3, -0.25) is 9.59 Å². The van der Waals surface area contributed by atoms with Crippen molar-refractivity contribution in [3.05, 3.63) is 58.7 Å². The van der Waals surface area contributed by atoms with Crippen LogP contribution in [0.4, 0.5) is 5.69 Å². The van der Waals surface area contributed by atoms with E-state index in [0.29, 0.717) is 30.8 Å². The molecule has 0 bridgehead atoms. The van der Waals surface area contributed by atoms with E-state index in [-0.39, 0.29) is 11.7 Å². The maximum absolute atomic E-state index is 12.1. The monoisotopic (exact) mass is 339 g/mol. The minimum atomic E-state index is -0.00872. The fraction of sp³-hybridized carbons (Fsp3) is 0.333. The lowest BCUT2D eigenvalue weighted by molar-refractivity contribution is -0.116. The highest BCUT2D eigenvalue weighted by atomic mass is 16.5. The Morgan fingerprint density at radius 1 is 1.00 bits per heavy atom. The molecule has 0 saturated carbocycles. The lowest BCUT2D eigenvalue weighted by atomic mass is 10.0. The number of ether oxygens (including phenoxy) is 1. The largest absolute Gasteiger partial charge is 0.494 e. The molecule has 4 heteroatoms. The maximum atomic E-state index is 12.1. The quantitative estimate of drug-likeness (QED) is 0.592. The highest BCUT2D eigenvalue weighted by Crippen LogP contribution is 2.22. The van der Waals surface area contributed by atoms with Crippen molar-refractivity contribution in [1.82, 2.24) is 0 Å². The van der Waals surface area contributed by atoms with Gasteiger partial charge in [0.05, 0.1) is 6.61 Å². The summed E-state index contributed by atoms with van der Waals surface area (Å²) in [5.41, 5.74) is 4.91. The summed E-state index contributed by atoms with van der Waals surface area (Å²) in [4.78, 5) is 23.4. The Morgan fingerprint density at radius 3 is 2.16 bits per heavy atom. The molecule has 132 valence electrons. The Kier molecular flexibility index (Phi) is 6.34. The molecule has 0 atom stereocenters. The van der Waals surface area contributed by atoms with Crippen LogP contribution in [0.1, 0.15) is 46.8 Å². The average molecular weight is 339 g/mol. The second kappa shape index (κ2) is 8.47. The number of ketones is 1. The van der Waals surface area contributed by atoms with E-state index < -0.39 is 0 Å². The van der Waals surface area contributed by atoms with E-state index in [0.717, 1.165) is 16.8 Å². The van der Waals surface area contributed by atoms with E-state index in [2.05, 4.69) is 17.4 Å². The molecule has 0 saturated heterocycles. The highest BCUT2D eigenvalue weighted by Gasteiger charge is 2.08. The zero-order valence-corrected chi connectivity index (χ0v) is 15.3. The van der Waals surface area contributed by atoms with Crippen molar-refractivity contribution in [2.45, 2.75) is 40.5 Å².